The van der Waals surface area contributed by atoms with Crippen LogP contribution in [0.5, 0.6) is 5.75 Å². The molecule has 0 saturated carbocycles. The number of ether oxygens (including phenoxy) is 1. The molecule has 0 fully saturated rings. The number of hydrogen-bond donors (Lipinski definition) is 1. The van der Waals surface area contributed by atoms with E-state index in [9.17, 15) is 4.79 Å². The summed E-state index contributed by atoms with van der Waals surface area (Å²) < 4.78 is 5.27. The van der Waals surface area contributed by atoms with E-state index in [4.69, 9.17) is 10.00 Å². The molecule has 17 heavy (non-hydrogen) atoms. The lowest BCUT2D eigenvalue weighted by molar-refractivity contribution is -0.122. The second-order valence-corrected chi connectivity index (χ2v) is 4.25. The third-order valence-electron chi connectivity index (χ3n) is 1.98. The van der Waals surface area contributed by atoms with E-state index in [1.54, 1.807) is 36.0 Å². The minimum Gasteiger partial charge on any atom is -0.484 e. The van der Waals surface area contributed by atoms with Gasteiger partial charge < -0.3 is 10.1 Å². The number of carbonyl (C=O) groups is 1. The maximum absolute atomic E-state index is 11.3. The molecular weight excluding hydrogens is 236 g/mol. The van der Waals surface area contributed by atoms with Gasteiger partial charge in [-0.05, 0) is 30.5 Å². The first-order valence-electron chi connectivity index (χ1n) is 5.15. The lowest BCUT2D eigenvalue weighted by Gasteiger charge is -2.06. The van der Waals surface area contributed by atoms with E-state index in [0.717, 1.165) is 5.75 Å². The lowest BCUT2D eigenvalue weighted by Crippen LogP contribution is -2.30. The Bertz CT molecular complexity index is 398. The molecule has 0 heterocycles. The van der Waals surface area contributed by atoms with Crippen molar-refractivity contribution in [3.63, 3.8) is 0 Å². The van der Waals surface area contributed by atoms with Gasteiger partial charge in [-0.1, -0.05) is 0 Å². The molecule has 0 atom stereocenters. The zero-order chi connectivity index (χ0) is 12.5. The van der Waals surface area contributed by atoms with Crippen molar-refractivity contribution >= 4 is 17.7 Å². The normalized spacial score (nSPS) is 9.41. The Kier molecular flexibility index (Phi) is 5.97. The topological polar surface area (TPSA) is 62.1 Å². The molecule has 5 heteroatoms. The van der Waals surface area contributed by atoms with Crippen LogP contribution in [-0.2, 0) is 4.79 Å². The number of amides is 1. The Balaban J connectivity index is 2.30. The van der Waals surface area contributed by atoms with E-state index >= 15 is 0 Å². The van der Waals surface area contributed by atoms with Crippen LogP contribution in [0.3, 0.4) is 0 Å². The van der Waals surface area contributed by atoms with Gasteiger partial charge in [-0.25, -0.2) is 0 Å². The minimum atomic E-state index is -0.136. The van der Waals surface area contributed by atoms with Crippen LogP contribution in [0.4, 0.5) is 0 Å². The Labute approximate surface area is 105 Å². The maximum Gasteiger partial charge on any atom is 0.257 e. The molecular formula is C12H14N2O2S. The highest BCUT2D eigenvalue weighted by molar-refractivity contribution is 7.98. The Hall–Kier alpha value is -1.67. The number of nitriles is 1. The number of thioether (sulfide) groups is 1. The molecule has 90 valence electrons. The average Bonchev–Trinajstić information content (AvgIpc) is 2.37. The van der Waals surface area contributed by atoms with Crippen LogP contribution >= 0.6 is 11.8 Å². The predicted molar refractivity (Wildman–Crippen MR) is 68.0 cm³/mol. The number of carbonyl (C=O) groups excluding carboxylic acids is 1. The second-order valence-electron chi connectivity index (χ2n) is 3.27. The molecule has 1 rings (SSSR count). The van der Waals surface area contributed by atoms with Crippen LogP contribution in [-0.4, -0.2) is 31.1 Å². The van der Waals surface area contributed by atoms with Crippen molar-refractivity contribution in [2.75, 3.05) is 25.2 Å². The molecule has 0 unspecified atom stereocenters. The standard InChI is InChI=1S/C12H14N2O2S/c1-17-7-6-14-12(15)9-16-11-4-2-10(8-13)3-5-11/h2-5H,6-7,9H2,1H3,(H,14,15). The molecule has 4 nitrogen and oxygen atoms in total. The molecule has 0 radical (unpaired) electrons. The van der Waals surface area contributed by atoms with Crippen molar-refractivity contribution < 1.29 is 9.53 Å². The SMILES string of the molecule is CSCCNC(=O)COc1ccc(C#N)cc1. The van der Waals surface area contributed by atoms with Gasteiger partial charge in [-0.3, -0.25) is 4.79 Å². The quantitative estimate of drug-likeness (QED) is 0.776. The van der Waals surface area contributed by atoms with E-state index in [1.165, 1.54) is 0 Å². The molecule has 0 aliphatic carbocycles. The number of benzene rings is 1. The Morgan fingerprint density at radius 2 is 2.18 bits per heavy atom. The fraction of sp³-hybridized carbons (Fsp3) is 0.333. The van der Waals surface area contributed by atoms with Gasteiger partial charge in [0.05, 0.1) is 11.6 Å². The Morgan fingerprint density at radius 1 is 1.47 bits per heavy atom. The molecule has 1 amide bonds. The molecule has 0 aromatic heterocycles. The van der Waals surface area contributed by atoms with E-state index in [-0.39, 0.29) is 12.5 Å². The summed E-state index contributed by atoms with van der Waals surface area (Å²) in [7, 11) is 0. The molecule has 1 aromatic rings. The largest absolute Gasteiger partial charge is 0.484 e. The van der Waals surface area contributed by atoms with Crippen LogP contribution < -0.4 is 10.1 Å². The van der Waals surface area contributed by atoms with Crippen LogP contribution in [0.2, 0.25) is 0 Å². The second kappa shape index (κ2) is 7.58. The number of hydrogen-bond acceptors (Lipinski definition) is 4. The van der Waals surface area contributed by atoms with Gasteiger partial charge in [0.15, 0.2) is 6.61 Å². The first kappa shape index (κ1) is 13.4. The van der Waals surface area contributed by atoms with Gasteiger partial charge in [0.2, 0.25) is 0 Å². The fourth-order valence-corrected chi connectivity index (χ4v) is 1.42. The van der Waals surface area contributed by atoms with Crippen molar-refractivity contribution in [2.24, 2.45) is 0 Å². The van der Waals surface area contributed by atoms with Gasteiger partial charge >= 0.3 is 0 Å². The zero-order valence-electron chi connectivity index (χ0n) is 9.60. The summed E-state index contributed by atoms with van der Waals surface area (Å²) >= 11 is 1.68. The van der Waals surface area contributed by atoms with E-state index in [0.29, 0.717) is 17.9 Å². The maximum atomic E-state index is 11.3. The van der Waals surface area contributed by atoms with Crippen molar-refractivity contribution in [2.45, 2.75) is 0 Å². The van der Waals surface area contributed by atoms with Gasteiger partial charge in [0.1, 0.15) is 5.75 Å². The summed E-state index contributed by atoms with van der Waals surface area (Å²) in [4.78, 5) is 11.3. The number of nitrogens with one attached hydrogen (secondary N) is 1. The molecule has 0 aliphatic heterocycles. The summed E-state index contributed by atoms with van der Waals surface area (Å²) in [5.41, 5.74) is 0.571. The molecule has 1 N–H and O–H groups in total. The summed E-state index contributed by atoms with van der Waals surface area (Å²) in [6.45, 7) is 0.650. The van der Waals surface area contributed by atoms with E-state index < -0.39 is 0 Å². The third kappa shape index (κ3) is 5.27. The summed E-state index contributed by atoms with van der Waals surface area (Å²) in [6.07, 6.45) is 1.99. The molecule has 0 saturated heterocycles. The first-order valence-corrected chi connectivity index (χ1v) is 6.54. The highest BCUT2D eigenvalue weighted by Gasteiger charge is 2.01. The van der Waals surface area contributed by atoms with Gasteiger partial charge in [-0.2, -0.15) is 17.0 Å². The third-order valence-corrected chi connectivity index (χ3v) is 2.59. The van der Waals surface area contributed by atoms with Crippen LogP contribution in [0.25, 0.3) is 0 Å². The molecule has 1 aromatic carbocycles. The minimum absolute atomic E-state index is 0.000279. The predicted octanol–water partition coefficient (Wildman–Crippen LogP) is 1.42. The van der Waals surface area contributed by atoms with Crippen LogP contribution in [0, 0.1) is 11.3 Å². The lowest BCUT2D eigenvalue weighted by atomic mass is 10.2. The first-order chi connectivity index (χ1) is 8.26. The highest BCUT2D eigenvalue weighted by atomic mass is 32.2. The smallest absolute Gasteiger partial charge is 0.257 e. The number of rotatable bonds is 6. The molecule has 0 aliphatic rings. The van der Waals surface area contributed by atoms with Crippen LogP contribution in [0.1, 0.15) is 5.56 Å². The summed E-state index contributed by atoms with van der Waals surface area (Å²) in [5.74, 6) is 1.34. The summed E-state index contributed by atoms with van der Waals surface area (Å²) in [5, 5.41) is 11.3. The average molecular weight is 250 g/mol. The molecule has 0 bridgehead atoms. The zero-order valence-corrected chi connectivity index (χ0v) is 10.4. The fourth-order valence-electron chi connectivity index (χ4n) is 1.12. The van der Waals surface area contributed by atoms with Gasteiger partial charge in [-0.15, -0.1) is 0 Å². The van der Waals surface area contributed by atoms with Crippen molar-refractivity contribution in [3.05, 3.63) is 29.8 Å². The van der Waals surface area contributed by atoms with Crippen molar-refractivity contribution in [1.82, 2.24) is 5.32 Å². The monoisotopic (exact) mass is 250 g/mol. The summed E-state index contributed by atoms with van der Waals surface area (Å²) in [6, 6.07) is 8.67. The van der Waals surface area contributed by atoms with Gasteiger partial charge in [0, 0.05) is 12.3 Å². The number of nitrogens with zero attached hydrogens (tertiary/aromatic N) is 1. The van der Waals surface area contributed by atoms with Crippen LogP contribution in [0.15, 0.2) is 24.3 Å². The van der Waals surface area contributed by atoms with Crippen molar-refractivity contribution in [3.8, 4) is 11.8 Å². The molecule has 0 spiro atoms. The van der Waals surface area contributed by atoms with Gasteiger partial charge in [0.25, 0.3) is 5.91 Å². The van der Waals surface area contributed by atoms with Crippen molar-refractivity contribution in [1.29, 1.82) is 5.26 Å². The Morgan fingerprint density at radius 3 is 2.76 bits per heavy atom. The highest BCUT2D eigenvalue weighted by Crippen LogP contribution is 2.10. The van der Waals surface area contributed by atoms with E-state index in [1.807, 2.05) is 12.3 Å². The van der Waals surface area contributed by atoms with E-state index in [2.05, 4.69) is 5.32 Å².